The predicted octanol–water partition coefficient (Wildman–Crippen LogP) is 4.31. The minimum Gasteiger partial charge on any atom is -0.507 e. The first-order chi connectivity index (χ1) is 18.3. The lowest BCUT2D eigenvalue weighted by atomic mass is 9.87. The number of hydrogen-bond donors (Lipinski definition) is 2. The second kappa shape index (κ2) is 11.3. The number of nitrogens with one attached hydrogen (secondary N) is 1. The standard InChI is InChI=1S/C29H32N2O7/c1-17-12-23(32)27(29(34)31(17)11-10-18-16-30-22-9-7-6-8-20(18)22)21(15-26(33)37-4)19-13-24(35-2)28(38-5)25(14-19)36-3/h6-9,12-14,16,21,30,32H,10-11,15H2,1-5H3/t21-/m0/s1. The van der Waals surface area contributed by atoms with E-state index in [1.54, 1.807) is 29.7 Å². The molecule has 0 spiro atoms. The molecule has 0 aliphatic heterocycles. The van der Waals surface area contributed by atoms with Gasteiger partial charge in [0.1, 0.15) is 5.75 Å². The molecule has 1 atom stereocenters. The molecule has 0 saturated heterocycles. The lowest BCUT2D eigenvalue weighted by Crippen LogP contribution is -2.29. The van der Waals surface area contributed by atoms with Gasteiger partial charge in [-0.25, -0.2) is 0 Å². The quantitative estimate of drug-likeness (QED) is 0.300. The highest BCUT2D eigenvalue weighted by Crippen LogP contribution is 2.43. The first kappa shape index (κ1) is 26.7. The average Bonchev–Trinajstić information content (AvgIpc) is 3.34. The molecule has 2 aromatic carbocycles. The summed E-state index contributed by atoms with van der Waals surface area (Å²) >= 11 is 0. The van der Waals surface area contributed by atoms with E-state index < -0.39 is 11.9 Å². The Kier molecular flexibility index (Phi) is 7.95. The lowest BCUT2D eigenvalue weighted by Gasteiger charge is -2.22. The van der Waals surface area contributed by atoms with Crippen LogP contribution in [0.1, 0.15) is 34.7 Å². The Morgan fingerprint density at radius 2 is 1.71 bits per heavy atom. The van der Waals surface area contributed by atoms with Crippen LogP contribution in [0, 0.1) is 6.92 Å². The summed E-state index contributed by atoms with van der Waals surface area (Å²) in [7, 11) is 5.74. The van der Waals surface area contributed by atoms with E-state index in [-0.39, 0.29) is 23.3 Å². The smallest absolute Gasteiger partial charge is 0.306 e. The largest absolute Gasteiger partial charge is 0.507 e. The number of aromatic nitrogens is 2. The van der Waals surface area contributed by atoms with E-state index in [2.05, 4.69) is 4.98 Å². The Hall–Kier alpha value is -4.40. The number of carbonyl (C=O) groups is 1. The molecule has 200 valence electrons. The first-order valence-electron chi connectivity index (χ1n) is 12.2. The van der Waals surface area contributed by atoms with E-state index in [0.717, 1.165) is 16.5 Å². The Morgan fingerprint density at radius 3 is 2.34 bits per heavy atom. The normalized spacial score (nSPS) is 11.8. The van der Waals surface area contributed by atoms with Gasteiger partial charge in [0, 0.05) is 35.3 Å². The molecule has 9 nitrogen and oxygen atoms in total. The fourth-order valence-corrected chi connectivity index (χ4v) is 4.88. The van der Waals surface area contributed by atoms with Crippen molar-refractivity contribution in [1.29, 1.82) is 0 Å². The van der Waals surface area contributed by atoms with Crippen molar-refractivity contribution in [3.8, 4) is 23.0 Å². The minimum atomic E-state index is -0.830. The summed E-state index contributed by atoms with van der Waals surface area (Å²) in [5, 5.41) is 12.1. The van der Waals surface area contributed by atoms with Crippen molar-refractivity contribution < 1.29 is 28.8 Å². The summed E-state index contributed by atoms with van der Waals surface area (Å²) in [5.41, 5.74) is 2.96. The third kappa shape index (κ3) is 5.04. The van der Waals surface area contributed by atoms with Crippen molar-refractivity contribution in [2.45, 2.75) is 32.2 Å². The number of rotatable bonds is 10. The number of pyridine rings is 1. The Labute approximate surface area is 220 Å². The van der Waals surface area contributed by atoms with Gasteiger partial charge >= 0.3 is 5.97 Å². The van der Waals surface area contributed by atoms with Crippen LogP contribution < -0.4 is 19.8 Å². The van der Waals surface area contributed by atoms with Crippen LogP contribution in [0.4, 0.5) is 0 Å². The number of hydrogen-bond acceptors (Lipinski definition) is 7. The molecule has 0 aliphatic rings. The van der Waals surface area contributed by atoms with Gasteiger partial charge in [-0.2, -0.15) is 0 Å². The lowest BCUT2D eigenvalue weighted by molar-refractivity contribution is -0.140. The highest BCUT2D eigenvalue weighted by Gasteiger charge is 2.29. The molecule has 38 heavy (non-hydrogen) atoms. The number of ether oxygens (including phenoxy) is 4. The van der Waals surface area contributed by atoms with E-state index in [1.807, 2.05) is 30.5 Å². The van der Waals surface area contributed by atoms with Gasteiger partial charge in [-0.05, 0) is 48.7 Å². The van der Waals surface area contributed by atoms with Gasteiger partial charge in [-0.1, -0.05) is 18.2 Å². The molecule has 4 aromatic rings. The molecule has 0 unspecified atom stereocenters. The molecule has 2 N–H and O–H groups in total. The molecule has 0 saturated carbocycles. The van der Waals surface area contributed by atoms with E-state index in [9.17, 15) is 14.7 Å². The molecule has 0 radical (unpaired) electrons. The summed E-state index contributed by atoms with van der Waals surface area (Å²) in [5.74, 6) is -0.457. The molecule has 4 rings (SSSR count). The number of esters is 1. The SMILES string of the molecule is COC(=O)C[C@@H](c1cc(OC)c(OC)c(OC)c1)c1c(O)cc(C)n(CCc2c[nH]c3ccccc23)c1=O. The zero-order valence-electron chi connectivity index (χ0n) is 22.2. The number of fused-ring (bicyclic) bond motifs is 1. The molecule has 2 aromatic heterocycles. The number of H-pyrrole nitrogens is 1. The van der Waals surface area contributed by atoms with E-state index in [0.29, 0.717) is 41.5 Å². The average molecular weight is 521 g/mol. The Balaban J connectivity index is 1.81. The summed E-state index contributed by atoms with van der Waals surface area (Å²) < 4.78 is 22.9. The molecule has 9 heteroatoms. The third-order valence-corrected chi connectivity index (χ3v) is 6.84. The molecule has 0 aliphatic carbocycles. The fourth-order valence-electron chi connectivity index (χ4n) is 4.88. The third-order valence-electron chi connectivity index (χ3n) is 6.84. The molecule has 0 fully saturated rings. The van der Waals surface area contributed by atoms with Crippen LogP contribution in [0.25, 0.3) is 10.9 Å². The monoisotopic (exact) mass is 520 g/mol. The van der Waals surface area contributed by atoms with Crippen LogP contribution in [0.2, 0.25) is 0 Å². The van der Waals surface area contributed by atoms with Gasteiger partial charge < -0.3 is 33.6 Å². The number of aryl methyl sites for hydroxylation is 2. The first-order valence-corrected chi connectivity index (χ1v) is 12.2. The molecule has 2 heterocycles. The number of aromatic amines is 1. The molecular weight excluding hydrogens is 488 g/mol. The number of aromatic hydroxyl groups is 1. The maximum Gasteiger partial charge on any atom is 0.306 e. The van der Waals surface area contributed by atoms with Crippen molar-refractivity contribution in [1.82, 2.24) is 9.55 Å². The summed E-state index contributed by atoms with van der Waals surface area (Å²) in [6.07, 6.45) is 2.37. The van der Waals surface area contributed by atoms with Gasteiger partial charge in [-0.15, -0.1) is 0 Å². The van der Waals surface area contributed by atoms with Crippen LogP contribution in [-0.2, 0) is 22.5 Å². The zero-order valence-corrected chi connectivity index (χ0v) is 22.2. The van der Waals surface area contributed by atoms with Crippen LogP contribution in [0.15, 0.2) is 53.5 Å². The van der Waals surface area contributed by atoms with Crippen LogP contribution in [0.3, 0.4) is 0 Å². The molecule has 0 amide bonds. The second-order valence-corrected chi connectivity index (χ2v) is 8.94. The van der Waals surface area contributed by atoms with Gasteiger partial charge in [0.15, 0.2) is 11.5 Å². The molecule has 0 bridgehead atoms. The van der Waals surface area contributed by atoms with Crippen molar-refractivity contribution in [2.75, 3.05) is 28.4 Å². The second-order valence-electron chi connectivity index (χ2n) is 8.94. The van der Waals surface area contributed by atoms with Crippen molar-refractivity contribution in [3.63, 3.8) is 0 Å². The molecular formula is C29H32N2O7. The van der Waals surface area contributed by atoms with Crippen LogP contribution in [0.5, 0.6) is 23.0 Å². The van der Waals surface area contributed by atoms with Gasteiger partial charge in [0.2, 0.25) is 5.75 Å². The van der Waals surface area contributed by atoms with Crippen molar-refractivity contribution in [2.24, 2.45) is 0 Å². The summed E-state index contributed by atoms with van der Waals surface area (Å²) in [6.45, 7) is 2.16. The highest BCUT2D eigenvalue weighted by molar-refractivity contribution is 5.83. The predicted molar refractivity (Wildman–Crippen MR) is 144 cm³/mol. The van der Waals surface area contributed by atoms with E-state index in [4.69, 9.17) is 18.9 Å². The number of benzene rings is 2. The number of para-hydroxylation sites is 1. The minimum absolute atomic E-state index is 0.0919. The Bertz CT molecular complexity index is 1490. The van der Waals surface area contributed by atoms with E-state index >= 15 is 0 Å². The van der Waals surface area contributed by atoms with Crippen LogP contribution in [-0.4, -0.2) is 49.1 Å². The van der Waals surface area contributed by atoms with Gasteiger partial charge in [-0.3, -0.25) is 9.59 Å². The summed E-state index contributed by atoms with van der Waals surface area (Å²) in [4.78, 5) is 29.6. The topological polar surface area (TPSA) is 112 Å². The zero-order chi connectivity index (χ0) is 27.4. The van der Waals surface area contributed by atoms with Gasteiger partial charge in [0.05, 0.1) is 40.4 Å². The maximum absolute atomic E-state index is 13.9. The summed E-state index contributed by atoms with van der Waals surface area (Å²) in [6, 6.07) is 12.9. The number of carbonyl (C=O) groups excluding carboxylic acids is 1. The maximum atomic E-state index is 13.9. The number of methoxy groups -OCH3 is 4. The van der Waals surface area contributed by atoms with E-state index in [1.165, 1.54) is 28.4 Å². The fraction of sp³-hybridized carbons (Fsp3) is 0.310. The van der Waals surface area contributed by atoms with Crippen molar-refractivity contribution in [3.05, 3.63) is 81.4 Å². The van der Waals surface area contributed by atoms with Gasteiger partial charge in [0.25, 0.3) is 5.56 Å². The number of nitrogens with zero attached hydrogens (tertiary/aromatic N) is 1. The highest BCUT2D eigenvalue weighted by atomic mass is 16.5. The van der Waals surface area contributed by atoms with Crippen molar-refractivity contribution >= 4 is 16.9 Å². The van der Waals surface area contributed by atoms with Crippen LogP contribution >= 0.6 is 0 Å². The Morgan fingerprint density at radius 1 is 1.03 bits per heavy atom.